The SMILES string of the molecule is C=CCOC(=O)c1sc(N2C(=O)C(=O)/C(=C(/O)c3c(C)nc4ccccn34)C2c2ccc(OC)cc2)nc1C. The first-order valence-corrected chi connectivity index (χ1v) is 12.7. The third-order valence-electron chi connectivity index (χ3n) is 6.31. The molecule has 0 radical (unpaired) electrons. The number of thiazole rings is 1. The maximum Gasteiger partial charge on any atom is 0.350 e. The van der Waals surface area contributed by atoms with Crippen LogP contribution >= 0.6 is 11.3 Å². The highest BCUT2D eigenvalue weighted by Crippen LogP contribution is 2.44. The van der Waals surface area contributed by atoms with Crippen molar-refractivity contribution in [3.05, 3.63) is 94.4 Å². The molecule has 1 aromatic carbocycles. The average Bonchev–Trinajstić information content (AvgIpc) is 3.57. The lowest BCUT2D eigenvalue weighted by Gasteiger charge is -2.23. The van der Waals surface area contributed by atoms with E-state index >= 15 is 0 Å². The zero-order valence-corrected chi connectivity index (χ0v) is 22.2. The standard InChI is InChI=1S/C28H24N4O6S/c1-5-14-38-27(36)25-16(3)30-28(39-25)32-22(17-9-11-18(37-4)12-10-17)20(24(34)26(32)35)23(33)21-15(2)29-19-8-6-7-13-31(19)21/h5-13,22,33H,1,14H2,2-4H3/b23-20+. The van der Waals surface area contributed by atoms with Crippen LogP contribution in [0.1, 0.15) is 38.4 Å². The Morgan fingerprint density at radius 3 is 2.56 bits per heavy atom. The molecule has 39 heavy (non-hydrogen) atoms. The summed E-state index contributed by atoms with van der Waals surface area (Å²) in [6.45, 7) is 6.88. The molecule has 3 aromatic heterocycles. The summed E-state index contributed by atoms with van der Waals surface area (Å²) in [4.78, 5) is 50.0. The van der Waals surface area contributed by atoms with Crippen LogP contribution in [0.2, 0.25) is 0 Å². The number of nitrogens with zero attached hydrogens (tertiary/aromatic N) is 4. The number of aryl methyl sites for hydroxylation is 2. The van der Waals surface area contributed by atoms with Gasteiger partial charge in [0.15, 0.2) is 10.9 Å². The molecule has 0 spiro atoms. The highest BCUT2D eigenvalue weighted by molar-refractivity contribution is 7.17. The van der Waals surface area contributed by atoms with Gasteiger partial charge in [-0.3, -0.25) is 18.9 Å². The van der Waals surface area contributed by atoms with Crippen LogP contribution in [0, 0.1) is 13.8 Å². The van der Waals surface area contributed by atoms with E-state index in [2.05, 4.69) is 16.5 Å². The number of fused-ring (bicyclic) bond motifs is 1. The lowest BCUT2D eigenvalue weighted by molar-refractivity contribution is -0.132. The summed E-state index contributed by atoms with van der Waals surface area (Å²) in [6.07, 6.45) is 3.16. The fraction of sp³-hybridized carbons (Fsp3) is 0.179. The highest BCUT2D eigenvalue weighted by atomic mass is 32.1. The first-order valence-electron chi connectivity index (χ1n) is 11.9. The molecule has 10 nitrogen and oxygen atoms in total. The molecule has 4 heterocycles. The second-order valence-corrected chi connectivity index (χ2v) is 9.69. The monoisotopic (exact) mass is 544 g/mol. The smallest absolute Gasteiger partial charge is 0.350 e. The zero-order chi connectivity index (χ0) is 27.8. The Kier molecular flexibility index (Phi) is 6.75. The first kappa shape index (κ1) is 25.9. The summed E-state index contributed by atoms with van der Waals surface area (Å²) in [5.74, 6) is -2.18. The predicted octanol–water partition coefficient (Wildman–Crippen LogP) is 4.39. The quantitative estimate of drug-likeness (QED) is 0.120. The average molecular weight is 545 g/mol. The Bertz CT molecular complexity index is 1670. The van der Waals surface area contributed by atoms with Gasteiger partial charge in [0, 0.05) is 6.20 Å². The number of hydrogen-bond acceptors (Lipinski definition) is 9. The van der Waals surface area contributed by atoms with E-state index in [1.807, 2.05) is 6.07 Å². The molecule has 0 bridgehead atoms. The number of ether oxygens (including phenoxy) is 2. The van der Waals surface area contributed by atoms with Gasteiger partial charge in [0.25, 0.3) is 5.78 Å². The van der Waals surface area contributed by atoms with Crippen LogP contribution in [0.5, 0.6) is 5.75 Å². The molecule has 1 atom stereocenters. The summed E-state index contributed by atoms with van der Waals surface area (Å²) in [6, 6.07) is 11.1. The fourth-order valence-electron chi connectivity index (χ4n) is 4.53. The number of ketones is 1. The van der Waals surface area contributed by atoms with Gasteiger partial charge in [-0.1, -0.05) is 42.2 Å². The minimum Gasteiger partial charge on any atom is -0.505 e. The number of imidazole rings is 1. The number of esters is 1. The van der Waals surface area contributed by atoms with E-state index in [1.165, 1.54) is 18.1 Å². The highest BCUT2D eigenvalue weighted by Gasteiger charge is 2.49. The Morgan fingerprint density at radius 1 is 1.13 bits per heavy atom. The number of benzene rings is 1. The van der Waals surface area contributed by atoms with Crippen LogP contribution in [-0.2, 0) is 14.3 Å². The molecule has 198 valence electrons. The molecular formula is C28H24N4O6S. The Hall–Kier alpha value is -4.77. The lowest BCUT2D eigenvalue weighted by atomic mass is 9.96. The molecular weight excluding hydrogens is 520 g/mol. The van der Waals surface area contributed by atoms with Gasteiger partial charge in [0.1, 0.15) is 28.6 Å². The van der Waals surface area contributed by atoms with E-state index in [0.717, 1.165) is 11.3 Å². The van der Waals surface area contributed by atoms with Crippen LogP contribution < -0.4 is 9.64 Å². The van der Waals surface area contributed by atoms with Crippen LogP contribution in [0.3, 0.4) is 0 Å². The van der Waals surface area contributed by atoms with Crippen molar-refractivity contribution in [3.8, 4) is 5.75 Å². The maximum atomic E-state index is 13.6. The number of Topliss-reactive ketones (excluding diaryl/α,β-unsaturated/α-hetero) is 1. The van der Waals surface area contributed by atoms with Crippen molar-refractivity contribution in [3.63, 3.8) is 0 Å². The van der Waals surface area contributed by atoms with Crippen molar-refractivity contribution in [2.24, 2.45) is 0 Å². The summed E-state index contributed by atoms with van der Waals surface area (Å²) < 4.78 is 12.1. The van der Waals surface area contributed by atoms with E-state index in [9.17, 15) is 19.5 Å². The van der Waals surface area contributed by atoms with Gasteiger partial charge in [0.2, 0.25) is 0 Å². The number of methoxy groups -OCH3 is 1. The van der Waals surface area contributed by atoms with Gasteiger partial charge in [0.05, 0.1) is 30.1 Å². The molecule has 1 saturated heterocycles. The lowest BCUT2D eigenvalue weighted by Crippen LogP contribution is -2.29. The summed E-state index contributed by atoms with van der Waals surface area (Å²) >= 11 is 0.931. The molecule has 1 N–H and O–H groups in total. The number of anilines is 1. The van der Waals surface area contributed by atoms with E-state index in [0.29, 0.717) is 34.0 Å². The number of aliphatic hydroxyl groups excluding tert-OH is 1. The zero-order valence-electron chi connectivity index (χ0n) is 21.4. The van der Waals surface area contributed by atoms with Gasteiger partial charge in [-0.25, -0.2) is 14.8 Å². The van der Waals surface area contributed by atoms with Crippen LogP contribution in [0.4, 0.5) is 5.13 Å². The van der Waals surface area contributed by atoms with Gasteiger partial charge in [-0.2, -0.15) is 0 Å². The van der Waals surface area contributed by atoms with Crippen molar-refractivity contribution in [1.29, 1.82) is 0 Å². The molecule has 1 aliphatic rings. The molecule has 5 rings (SSSR count). The van der Waals surface area contributed by atoms with E-state index in [4.69, 9.17) is 9.47 Å². The Balaban J connectivity index is 1.71. The van der Waals surface area contributed by atoms with Gasteiger partial charge < -0.3 is 14.6 Å². The fourth-order valence-corrected chi connectivity index (χ4v) is 5.52. The van der Waals surface area contributed by atoms with E-state index in [-0.39, 0.29) is 27.9 Å². The number of pyridine rings is 1. The molecule has 0 aliphatic carbocycles. The summed E-state index contributed by atoms with van der Waals surface area (Å²) in [7, 11) is 1.53. The number of aliphatic hydroxyl groups is 1. The Labute approximate surface area is 227 Å². The molecule has 1 amide bonds. The number of rotatable bonds is 7. The molecule has 0 saturated carbocycles. The second kappa shape index (κ2) is 10.2. The number of hydrogen-bond donors (Lipinski definition) is 1. The van der Waals surface area contributed by atoms with E-state index in [1.54, 1.807) is 60.8 Å². The molecule has 1 unspecified atom stereocenters. The normalized spacial score (nSPS) is 16.6. The minimum absolute atomic E-state index is 0.0144. The molecule has 1 aliphatic heterocycles. The summed E-state index contributed by atoms with van der Waals surface area (Å²) in [5.41, 5.74) is 2.11. The maximum absolute atomic E-state index is 13.6. The largest absolute Gasteiger partial charge is 0.505 e. The topological polar surface area (TPSA) is 123 Å². The van der Waals surface area contributed by atoms with Gasteiger partial charge in [-0.15, -0.1) is 0 Å². The van der Waals surface area contributed by atoms with Crippen molar-refractivity contribution in [2.75, 3.05) is 18.6 Å². The minimum atomic E-state index is -1.04. The van der Waals surface area contributed by atoms with Gasteiger partial charge >= 0.3 is 11.9 Å². The van der Waals surface area contributed by atoms with E-state index < -0.39 is 23.7 Å². The van der Waals surface area contributed by atoms with Crippen LogP contribution in [0.25, 0.3) is 11.4 Å². The third kappa shape index (κ3) is 4.36. The third-order valence-corrected chi connectivity index (χ3v) is 7.45. The first-order chi connectivity index (χ1) is 18.8. The number of aromatic nitrogens is 3. The molecule has 11 heteroatoms. The van der Waals surface area contributed by atoms with Crippen molar-refractivity contribution in [1.82, 2.24) is 14.4 Å². The number of carbonyl (C=O) groups is 3. The second-order valence-electron chi connectivity index (χ2n) is 8.72. The number of amides is 1. The van der Waals surface area contributed by atoms with Crippen molar-refractivity contribution >= 4 is 45.5 Å². The molecule has 4 aromatic rings. The number of carbonyl (C=O) groups excluding carboxylic acids is 3. The van der Waals surface area contributed by atoms with Crippen molar-refractivity contribution < 1.29 is 29.0 Å². The predicted molar refractivity (Wildman–Crippen MR) is 145 cm³/mol. The van der Waals surface area contributed by atoms with Crippen LogP contribution in [-0.4, -0.2) is 50.9 Å². The van der Waals surface area contributed by atoms with Crippen molar-refractivity contribution in [2.45, 2.75) is 19.9 Å². The van der Waals surface area contributed by atoms with Crippen LogP contribution in [0.15, 0.2) is 66.9 Å². The molecule has 1 fully saturated rings. The Morgan fingerprint density at radius 2 is 1.87 bits per heavy atom. The summed E-state index contributed by atoms with van der Waals surface area (Å²) in [5, 5.41) is 11.7. The van der Waals surface area contributed by atoms with Gasteiger partial charge in [-0.05, 0) is 43.7 Å².